The molecule has 0 aliphatic heterocycles. The molecule has 2 saturated carbocycles. The first-order chi connectivity index (χ1) is 8.86. The third kappa shape index (κ3) is 5.79. The maximum atomic E-state index is 12.0. The Morgan fingerprint density at radius 2 is 1.68 bits per heavy atom. The summed E-state index contributed by atoms with van der Waals surface area (Å²) in [5, 5.41) is 3.35. The van der Waals surface area contributed by atoms with Gasteiger partial charge in [0, 0.05) is 12.1 Å². The molecule has 0 unspecified atom stereocenters. The van der Waals surface area contributed by atoms with Gasteiger partial charge in [0.05, 0.1) is 5.75 Å². The van der Waals surface area contributed by atoms with Gasteiger partial charge in [0.2, 0.25) is 10.0 Å². The predicted octanol–water partition coefficient (Wildman–Crippen LogP) is 2.02. The number of hydrogen-bond donors (Lipinski definition) is 2. The van der Waals surface area contributed by atoms with E-state index in [1.54, 1.807) is 0 Å². The highest BCUT2D eigenvalue weighted by molar-refractivity contribution is 7.89. The molecule has 0 amide bonds. The van der Waals surface area contributed by atoms with Crippen LogP contribution in [-0.4, -0.2) is 32.8 Å². The maximum Gasteiger partial charge on any atom is 0.211 e. The Hall–Kier alpha value is -0.130. The Balaban J connectivity index is 1.65. The number of sulfonamides is 1. The molecule has 2 aliphatic carbocycles. The molecule has 4 nitrogen and oxygen atoms in total. The highest BCUT2D eigenvalue weighted by Gasteiger charge is 2.29. The molecule has 0 radical (unpaired) electrons. The highest BCUT2D eigenvalue weighted by atomic mass is 32.2. The Morgan fingerprint density at radius 1 is 1.05 bits per heavy atom. The van der Waals surface area contributed by atoms with E-state index in [9.17, 15) is 8.42 Å². The SMILES string of the molecule is CC1(C)CCC(NS(=O)(=O)CCCNC2CC2)CC1. The van der Waals surface area contributed by atoms with Crippen LogP contribution < -0.4 is 10.0 Å². The van der Waals surface area contributed by atoms with Gasteiger partial charge in [-0.2, -0.15) is 0 Å². The molecule has 2 N–H and O–H groups in total. The van der Waals surface area contributed by atoms with Gasteiger partial charge < -0.3 is 5.32 Å². The smallest absolute Gasteiger partial charge is 0.211 e. The zero-order valence-corrected chi connectivity index (χ0v) is 13.1. The van der Waals surface area contributed by atoms with Gasteiger partial charge in [0.25, 0.3) is 0 Å². The molecule has 2 rings (SSSR count). The van der Waals surface area contributed by atoms with Gasteiger partial charge in [0.1, 0.15) is 0 Å². The van der Waals surface area contributed by atoms with E-state index in [2.05, 4.69) is 23.9 Å². The summed E-state index contributed by atoms with van der Waals surface area (Å²) in [7, 11) is -3.09. The molecule has 0 spiro atoms. The first-order valence-corrected chi connectivity index (χ1v) is 9.25. The Kier molecular flexibility index (Phi) is 4.90. The van der Waals surface area contributed by atoms with E-state index in [0.29, 0.717) is 17.9 Å². The minimum absolute atomic E-state index is 0.161. The van der Waals surface area contributed by atoms with E-state index < -0.39 is 10.0 Å². The molecule has 0 bridgehead atoms. The van der Waals surface area contributed by atoms with Crippen LogP contribution in [0.5, 0.6) is 0 Å². The summed E-state index contributed by atoms with van der Waals surface area (Å²) in [6.07, 6.45) is 7.40. The fraction of sp³-hybridized carbons (Fsp3) is 1.00. The molecule has 0 aromatic heterocycles. The molecular formula is C14H28N2O2S. The monoisotopic (exact) mass is 288 g/mol. The summed E-state index contributed by atoms with van der Waals surface area (Å²) in [6.45, 7) is 5.35. The summed E-state index contributed by atoms with van der Waals surface area (Å²) in [4.78, 5) is 0. The first kappa shape index (κ1) is 15.3. The van der Waals surface area contributed by atoms with Crippen LogP contribution >= 0.6 is 0 Å². The van der Waals surface area contributed by atoms with Crippen LogP contribution in [0.25, 0.3) is 0 Å². The second-order valence-electron chi connectivity index (χ2n) is 6.96. The van der Waals surface area contributed by atoms with Gasteiger partial charge in [-0.15, -0.1) is 0 Å². The molecule has 19 heavy (non-hydrogen) atoms. The fourth-order valence-corrected chi connectivity index (χ4v) is 4.07. The highest BCUT2D eigenvalue weighted by Crippen LogP contribution is 2.35. The van der Waals surface area contributed by atoms with Crippen molar-refractivity contribution in [3.8, 4) is 0 Å². The van der Waals surface area contributed by atoms with Gasteiger partial charge >= 0.3 is 0 Å². The van der Waals surface area contributed by atoms with Crippen molar-refractivity contribution in [3.63, 3.8) is 0 Å². The third-order valence-corrected chi connectivity index (χ3v) is 5.80. The molecule has 0 aromatic carbocycles. The third-order valence-electron chi connectivity index (χ3n) is 4.29. The molecule has 0 aromatic rings. The lowest BCUT2D eigenvalue weighted by molar-refractivity contribution is 0.218. The lowest BCUT2D eigenvalue weighted by Gasteiger charge is -2.34. The van der Waals surface area contributed by atoms with Gasteiger partial charge in [-0.05, 0) is 56.9 Å². The summed E-state index contributed by atoms with van der Waals surface area (Å²) in [5.41, 5.74) is 0.385. The molecule has 0 atom stereocenters. The van der Waals surface area contributed by atoms with Crippen molar-refractivity contribution >= 4 is 10.0 Å². The van der Waals surface area contributed by atoms with Gasteiger partial charge in [-0.3, -0.25) is 0 Å². The molecule has 112 valence electrons. The Bertz CT molecular complexity index is 378. The van der Waals surface area contributed by atoms with E-state index in [1.807, 2.05) is 0 Å². The van der Waals surface area contributed by atoms with Crippen LogP contribution in [0.2, 0.25) is 0 Å². The minimum Gasteiger partial charge on any atom is -0.314 e. The van der Waals surface area contributed by atoms with Crippen LogP contribution in [0, 0.1) is 5.41 Å². The molecule has 0 heterocycles. The van der Waals surface area contributed by atoms with E-state index >= 15 is 0 Å². The topological polar surface area (TPSA) is 58.2 Å². The lowest BCUT2D eigenvalue weighted by Crippen LogP contribution is -2.40. The molecule has 0 saturated heterocycles. The number of rotatable bonds is 7. The van der Waals surface area contributed by atoms with E-state index in [-0.39, 0.29) is 11.8 Å². The average Bonchev–Trinajstić information content (AvgIpc) is 3.11. The van der Waals surface area contributed by atoms with Crippen LogP contribution in [0.15, 0.2) is 0 Å². The summed E-state index contributed by atoms with van der Waals surface area (Å²) in [5.74, 6) is 0.257. The summed E-state index contributed by atoms with van der Waals surface area (Å²) in [6, 6.07) is 0.825. The molecule has 2 fully saturated rings. The van der Waals surface area contributed by atoms with Gasteiger partial charge in [-0.1, -0.05) is 13.8 Å². The quantitative estimate of drug-likeness (QED) is 0.705. The van der Waals surface area contributed by atoms with Crippen molar-refractivity contribution in [2.45, 2.75) is 70.9 Å². The zero-order valence-electron chi connectivity index (χ0n) is 12.2. The normalized spacial score (nSPS) is 24.5. The molecule has 5 heteroatoms. The second kappa shape index (κ2) is 6.10. The van der Waals surface area contributed by atoms with Crippen molar-refractivity contribution in [1.82, 2.24) is 10.0 Å². The van der Waals surface area contributed by atoms with Crippen molar-refractivity contribution in [1.29, 1.82) is 0 Å². The zero-order chi connectivity index (χ0) is 13.9. The molecular weight excluding hydrogens is 260 g/mol. The second-order valence-corrected chi connectivity index (χ2v) is 8.83. The van der Waals surface area contributed by atoms with Crippen LogP contribution in [0.1, 0.15) is 58.8 Å². The summed E-state index contributed by atoms with van der Waals surface area (Å²) >= 11 is 0. The Labute approximate surface area is 117 Å². The largest absolute Gasteiger partial charge is 0.314 e. The van der Waals surface area contributed by atoms with E-state index in [0.717, 1.165) is 32.2 Å². The Morgan fingerprint density at radius 3 is 2.26 bits per heavy atom. The van der Waals surface area contributed by atoms with Crippen LogP contribution in [0.4, 0.5) is 0 Å². The molecule has 2 aliphatic rings. The lowest BCUT2D eigenvalue weighted by atomic mass is 9.76. The fourth-order valence-electron chi connectivity index (χ4n) is 2.69. The number of nitrogens with one attached hydrogen (secondary N) is 2. The van der Waals surface area contributed by atoms with E-state index in [4.69, 9.17) is 0 Å². The van der Waals surface area contributed by atoms with Crippen molar-refractivity contribution < 1.29 is 8.42 Å². The average molecular weight is 288 g/mol. The van der Waals surface area contributed by atoms with Gasteiger partial charge in [-0.25, -0.2) is 13.1 Å². The minimum atomic E-state index is -3.09. The van der Waals surface area contributed by atoms with Crippen molar-refractivity contribution in [3.05, 3.63) is 0 Å². The van der Waals surface area contributed by atoms with Crippen LogP contribution in [0.3, 0.4) is 0 Å². The predicted molar refractivity (Wildman–Crippen MR) is 78.6 cm³/mol. The van der Waals surface area contributed by atoms with Crippen LogP contribution in [-0.2, 0) is 10.0 Å². The standard InChI is InChI=1S/C14H28N2O2S/c1-14(2)8-6-13(7-9-14)16-19(17,18)11-3-10-15-12-4-5-12/h12-13,15-16H,3-11H2,1-2H3. The van der Waals surface area contributed by atoms with E-state index in [1.165, 1.54) is 12.8 Å². The van der Waals surface area contributed by atoms with Crippen molar-refractivity contribution in [2.75, 3.05) is 12.3 Å². The summed E-state index contributed by atoms with van der Waals surface area (Å²) < 4.78 is 26.8. The first-order valence-electron chi connectivity index (χ1n) is 7.60. The van der Waals surface area contributed by atoms with Gasteiger partial charge in [0.15, 0.2) is 0 Å². The maximum absolute atomic E-state index is 12.0. The number of hydrogen-bond acceptors (Lipinski definition) is 3. The van der Waals surface area contributed by atoms with Crippen molar-refractivity contribution in [2.24, 2.45) is 5.41 Å².